The van der Waals surface area contributed by atoms with Gasteiger partial charge in [-0.3, -0.25) is 4.98 Å². The first kappa shape index (κ1) is 48.0. The van der Waals surface area contributed by atoms with Gasteiger partial charge in [0.1, 0.15) is 0 Å². The number of para-hydroxylation sites is 1. The zero-order valence-electron chi connectivity index (χ0n) is 46.3. The minimum absolute atomic E-state index is 0.0327. The first-order chi connectivity index (χ1) is 36.3. The molecule has 4 aliphatic rings. The molecule has 76 heavy (non-hydrogen) atoms. The number of pyridine rings is 1. The van der Waals surface area contributed by atoms with Crippen molar-refractivity contribution in [1.82, 2.24) is 4.98 Å². The van der Waals surface area contributed by atoms with Gasteiger partial charge in [0.15, 0.2) is 0 Å². The zero-order valence-corrected chi connectivity index (χ0v) is 46.3. The Labute approximate surface area is 452 Å². The summed E-state index contributed by atoms with van der Waals surface area (Å²) in [5.41, 5.74) is 25.4. The fraction of sp³-hybridized carbons (Fsp3) is 0.254. The van der Waals surface area contributed by atoms with Crippen molar-refractivity contribution in [2.24, 2.45) is 0 Å². The number of aromatic nitrogens is 1. The number of hydrogen-bond acceptors (Lipinski definition) is 4. The largest absolute Gasteiger partial charge is 0.330 e. The van der Waals surface area contributed by atoms with E-state index in [1.165, 1.54) is 106 Å². The maximum absolute atomic E-state index is 4.89. The van der Waals surface area contributed by atoms with Gasteiger partial charge in [-0.15, -0.1) is 0 Å². The standard InChI is InChI=1S/C71H69BN4/c1-67(2,3)49-25-21-26-52(41-49)74-63-43-51(69(7,8)9)32-34-58(63)72-57-28-17-18-30-62(57)75(60-36-33-50(68(4,5)6)42-54(60)46-22-13-12-14-23-46)65-45-53(44-64(74)66(65)72)76-61-35-31-48(59-29-19-20-39-73-59)40-56(61)70(10)38-37-47-24-15-16-27-55(47)71(70,76)11/h12-36,39-45H,37-38H2,1-11H3. The van der Waals surface area contributed by atoms with Gasteiger partial charge in [-0.05, 0) is 164 Å². The third-order valence-corrected chi connectivity index (χ3v) is 18.0. The van der Waals surface area contributed by atoms with Crippen molar-refractivity contribution in [3.63, 3.8) is 0 Å². The lowest BCUT2D eigenvalue weighted by molar-refractivity contribution is 0.245. The van der Waals surface area contributed by atoms with E-state index in [2.05, 4.69) is 273 Å². The number of aryl methyl sites for hydroxylation is 1. The number of rotatable bonds is 5. The molecule has 0 spiro atoms. The minimum atomic E-state index is -0.461. The van der Waals surface area contributed by atoms with E-state index in [4.69, 9.17) is 4.98 Å². The van der Waals surface area contributed by atoms with Crippen LogP contribution in [0, 0.1) is 0 Å². The Bertz CT molecular complexity index is 3780. The van der Waals surface area contributed by atoms with E-state index in [1.807, 2.05) is 12.3 Å². The number of anilines is 8. The Balaban J connectivity index is 1.18. The van der Waals surface area contributed by atoms with Gasteiger partial charge in [0.25, 0.3) is 6.71 Å². The summed E-state index contributed by atoms with van der Waals surface area (Å²) in [6.07, 6.45) is 3.95. The highest BCUT2D eigenvalue weighted by Crippen LogP contribution is 2.65. The summed E-state index contributed by atoms with van der Waals surface area (Å²) >= 11 is 0. The predicted molar refractivity (Wildman–Crippen MR) is 323 cm³/mol. The molecule has 4 nitrogen and oxygen atoms in total. The van der Waals surface area contributed by atoms with Gasteiger partial charge >= 0.3 is 0 Å². The van der Waals surface area contributed by atoms with Gasteiger partial charge in [0.05, 0.1) is 16.9 Å². The predicted octanol–water partition coefficient (Wildman–Crippen LogP) is 16.7. The molecule has 9 aromatic rings. The van der Waals surface area contributed by atoms with E-state index in [-0.39, 0.29) is 28.4 Å². The molecule has 0 saturated heterocycles. The van der Waals surface area contributed by atoms with E-state index in [9.17, 15) is 0 Å². The van der Waals surface area contributed by atoms with Gasteiger partial charge in [-0.25, -0.2) is 0 Å². The average Bonchev–Trinajstić information content (AvgIpc) is 3.78. The summed E-state index contributed by atoms with van der Waals surface area (Å²) in [5.74, 6) is 0. The van der Waals surface area contributed by atoms with Crippen LogP contribution in [0.3, 0.4) is 0 Å². The quantitative estimate of drug-likeness (QED) is 0.160. The van der Waals surface area contributed by atoms with E-state index in [1.54, 1.807) is 0 Å². The molecule has 1 aliphatic carbocycles. The number of benzene rings is 8. The first-order valence-corrected chi connectivity index (χ1v) is 27.6. The molecule has 0 bridgehead atoms. The molecule has 2 atom stereocenters. The Hall–Kier alpha value is -7.63. The molecule has 13 rings (SSSR count). The maximum atomic E-state index is 4.89. The maximum Gasteiger partial charge on any atom is 0.252 e. The molecule has 376 valence electrons. The van der Waals surface area contributed by atoms with Gasteiger partial charge in [0.2, 0.25) is 0 Å². The molecule has 0 fully saturated rings. The van der Waals surface area contributed by atoms with Gasteiger partial charge < -0.3 is 14.7 Å². The molecule has 3 aliphatic heterocycles. The van der Waals surface area contributed by atoms with Crippen LogP contribution < -0.4 is 31.1 Å². The number of nitrogens with zero attached hydrogens (tertiary/aromatic N) is 4. The third-order valence-electron chi connectivity index (χ3n) is 18.0. The summed E-state index contributed by atoms with van der Waals surface area (Å²) in [6, 6.07) is 72.3. The average molecular weight is 989 g/mol. The second-order valence-corrected chi connectivity index (χ2v) is 25.6. The molecule has 0 saturated carbocycles. The topological polar surface area (TPSA) is 22.6 Å². The highest BCUT2D eigenvalue weighted by atomic mass is 15.3. The Morgan fingerprint density at radius 3 is 1.84 bits per heavy atom. The molecule has 0 N–H and O–H groups in total. The zero-order chi connectivity index (χ0) is 52.7. The van der Waals surface area contributed by atoms with Gasteiger partial charge in [0, 0.05) is 62.6 Å². The van der Waals surface area contributed by atoms with Crippen LogP contribution in [0.4, 0.5) is 45.5 Å². The summed E-state index contributed by atoms with van der Waals surface area (Å²) in [6.45, 7) is 26.1. The number of fused-ring (bicyclic) bond motifs is 9. The van der Waals surface area contributed by atoms with Crippen molar-refractivity contribution in [3.05, 3.63) is 228 Å². The van der Waals surface area contributed by atoms with Crippen molar-refractivity contribution >= 4 is 68.6 Å². The third kappa shape index (κ3) is 7.21. The van der Waals surface area contributed by atoms with Crippen molar-refractivity contribution in [2.75, 3.05) is 14.7 Å². The van der Waals surface area contributed by atoms with Crippen molar-refractivity contribution in [2.45, 2.75) is 116 Å². The van der Waals surface area contributed by atoms with Crippen LogP contribution in [0.5, 0.6) is 0 Å². The van der Waals surface area contributed by atoms with E-state index < -0.39 is 5.54 Å². The van der Waals surface area contributed by atoms with Gasteiger partial charge in [-0.1, -0.05) is 184 Å². The highest BCUT2D eigenvalue weighted by molar-refractivity contribution is 7.00. The van der Waals surface area contributed by atoms with Crippen LogP contribution in [0.15, 0.2) is 194 Å². The second kappa shape index (κ2) is 16.9. The van der Waals surface area contributed by atoms with Crippen molar-refractivity contribution in [1.29, 1.82) is 0 Å². The fourth-order valence-corrected chi connectivity index (χ4v) is 13.6. The van der Waals surface area contributed by atoms with Crippen molar-refractivity contribution < 1.29 is 0 Å². The monoisotopic (exact) mass is 989 g/mol. The van der Waals surface area contributed by atoms with Crippen LogP contribution in [-0.4, -0.2) is 11.7 Å². The van der Waals surface area contributed by atoms with E-state index >= 15 is 0 Å². The molecule has 8 aromatic carbocycles. The van der Waals surface area contributed by atoms with Crippen LogP contribution in [0.25, 0.3) is 22.4 Å². The van der Waals surface area contributed by atoms with Crippen molar-refractivity contribution in [3.8, 4) is 22.4 Å². The van der Waals surface area contributed by atoms with Gasteiger partial charge in [-0.2, -0.15) is 0 Å². The molecule has 1 aromatic heterocycles. The molecule has 0 radical (unpaired) electrons. The fourth-order valence-electron chi connectivity index (χ4n) is 13.6. The number of hydrogen-bond donors (Lipinski definition) is 0. The highest BCUT2D eigenvalue weighted by Gasteiger charge is 2.60. The normalized spacial score (nSPS) is 18.4. The van der Waals surface area contributed by atoms with Crippen LogP contribution in [0.1, 0.15) is 116 Å². The van der Waals surface area contributed by atoms with E-state index in [0.717, 1.165) is 24.1 Å². The lowest BCUT2D eigenvalue weighted by Crippen LogP contribution is -2.61. The molecular formula is C71H69BN4. The van der Waals surface area contributed by atoms with Crippen LogP contribution in [0.2, 0.25) is 0 Å². The van der Waals surface area contributed by atoms with Crippen LogP contribution >= 0.6 is 0 Å². The molecule has 0 amide bonds. The Morgan fingerprint density at radius 2 is 1.09 bits per heavy atom. The van der Waals surface area contributed by atoms with Crippen LogP contribution in [-0.2, 0) is 33.6 Å². The summed E-state index contributed by atoms with van der Waals surface area (Å²) in [5, 5.41) is 0. The second-order valence-electron chi connectivity index (χ2n) is 25.6. The molecule has 2 unspecified atom stereocenters. The SMILES string of the molecule is CC(C)(C)c1cccc(N2c3cc(C(C)(C)C)ccc3B3c4ccccc4N(c4ccc(C(C)(C)C)cc4-c4ccccc4)c4cc(N5c6ccc(-c7ccccn7)cc6C6(C)CCc7ccccc7C56C)cc2c43)c1. The molecule has 4 heterocycles. The molecule has 5 heteroatoms. The first-order valence-electron chi connectivity index (χ1n) is 27.6. The summed E-state index contributed by atoms with van der Waals surface area (Å²) in [7, 11) is 0. The lowest BCUT2D eigenvalue weighted by Gasteiger charge is -2.52. The smallest absolute Gasteiger partial charge is 0.252 e. The summed E-state index contributed by atoms with van der Waals surface area (Å²) < 4.78 is 0. The molecular weight excluding hydrogens is 920 g/mol. The minimum Gasteiger partial charge on any atom is -0.330 e. The Kier molecular flexibility index (Phi) is 10.7. The lowest BCUT2D eigenvalue weighted by atomic mass is 9.33. The summed E-state index contributed by atoms with van der Waals surface area (Å²) in [4.78, 5) is 12.9. The Morgan fingerprint density at radius 1 is 0.447 bits per heavy atom. The van der Waals surface area contributed by atoms with E-state index in [0.29, 0.717) is 0 Å².